The van der Waals surface area contributed by atoms with Gasteiger partial charge in [0.1, 0.15) is 0 Å². The molecule has 0 atom stereocenters. The maximum Gasteiger partial charge on any atom is 0.257 e. The van der Waals surface area contributed by atoms with Crippen molar-refractivity contribution in [3.8, 4) is 0 Å². The predicted octanol–water partition coefficient (Wildman–Crippen LogP) is 7.68. The van der Waals surface area contributed by atoms with E-state index in [1.165, 1.54) is 0 Å². The third-order valence-electron chi connectivity index (χ3n) is 7.37. The Morgan fingerprint density at radius 1 is 0.927 bits per heavy atom. The lowest BCUT2D eigenvalue weighted by molar-refractivity contribution is -0.128. The second kappa shape index (κ2) is 13.2. The molecular weight excluding hydrogens is 602 g/mol. The van der Waals surface area contributed by atoms with E-state index in [9.17, 15) is 14.4 Å². The van der Waals surface area contributed by atoms with Crippen LogP contribution in [0.25, 0.3) is 0 Å². The molecule has 1 aliphatic heterocycles. The number of rotatable bonds is 8. The number of benzene rings is 3. The van der Waals surface area contributed by atoms with Gasteiger partial charge in [0.2, 0.25) is 5.91 Å². The summed E-state index contributed by atoms with van der Waals surface area (Å²) < 4.78 is 0.959. The van der Waals surface area contributed by atoms with Crippen LogP contribution in [0.15, 0.2) is 65.1 Å². The van der Waals surface area contributed by atoms with Gasteiger partial charge in [0, 0.05) is 52.9 Å². The topological polar surface area (TPSA) is 78.5 Å². The van der Waals surface area contributed by atoms with Gasteiger partial charge >= 0.3 is 0 Å². The summed E-state index contributed by atoms with van der Waals surface area (Å²) in [6.45, 7) is 9.85. The summed E-state index contributed by atoms with van der Waals surface area (Å²) >= 11 is 9.85. The Kier molecular flexibility index (Phi) is 9.92. The molecule has 0 spiro atoms. The molecule has 0 unspecified atom stereocenters. The van der Waals surface area contributed by atoms with Gasteiger partial charge in [0.15, 0.2) is 5.78 Å². The van der Waals surface area contributed by atoms with E-state index in [1.807, 2.05) is 57.2 Å². The van der Waals surface area contributed by atoms with Crippen molar-refractivity contribution in [2.75, 3.05) is 23.3 Å². The minimum atomic E-state index is -0.516. The van der Waals surface area contributed by atoms with Crippen LogP contribution >= 0.6 is 27.5 Å². The van der Waals surface area contributed by atoms with Crippen molar-refractivity contribution in [2.24, 2.45) is 11.3 Å². The molecular formula is C33H37BrClN3O3. The lowest BCUT2D eigenvalue weighted by atomic mass is 9.95. The smallest absolute Gasteiger partial charge is 0.257 e. The van der Waals surface area contributed by atoms with Gasteiger partial charge in [-0.1, -0.05) is 73.4 Å². The Morgan fingerprint density at radius 3 is 2.24 bits per heavy atom. The average Bonchev–Trinajstić information content (AvgIpc) is 2.93. The van der Waals surface area contributed by atoms with Crippen LogP contribution < -0.4 is 15.5 Å². The fraction of sp³-hybridized carbons (Fsp3) is 0.364. The number of Topliss-reactive ketones (excluding diaryl/α,β-unsaturated/α-hetero) is 1. The normalized spacial score (nSPS) is 14.0. The third kappa shape index (κ3) is 8.20. The van der Waals surface area contributed by atoms with E-state index in [0.29, 0.717) is 27.8 Å². The molecule has 216 valence electrons. The van der Waals surface area contributed by atoms with Gasteiger partial charge in [-0.05, 0) is 72.4 Å². The van der Waals surface area contributed by atoms with E-state index in [-0.39, 0.29) is 30.6 Å². The molecule has 3 aromatic rings. The first-order valence-electron chi connectivity index (χ1n) is 14.0. The number of nitrogens with one attached hydrogen (secondary N) is 2. The highest BCUT2D eigenvalue weighted by Crippen LogP contribution is 2.30. The van der Waals surface area contributed by atoms with Crippen molar-refractivity contribution in [1.29, 1.82) is 0 Å². The maximum absolute atomic E-state index is 13.6. The first-order chi connectivity index (χ1) is 19.4. The summed E-state index contributed by atoms with van der Waals surface area (Å²) in [4.78, 5) is 41.5. The van der Waals surface area contributed by atoms with E-state index < -0.39 is 5.41 Å². The number of hydrogen-bond donors (Lipinski definition) is 2. The SMILES string of the molecule is CC1CCN(c2ccc(NC(=O)c3cc(CNC(=O)C(C)(C)C)ccc3Cl)cc2C(=O)Cc2ccc(Br)cc2)CC1. The Morgan fingerprint density at radius 2 is 1.59 bits per heavy atom. The van der Waals surface area contributed by atoms with Crippen LogP contribution in [0, 0.1) is 11.3 Å². The molecule has 41 heavy (non-hydrogen) atoms. The molecule has 0 radical (unpaired) electrons. The quantitative estimate of drug-likeness (QED) is 0.248. The molecule has 2 N–H and O–H groups in total. The van der Waals surface area contributed by atoms with Gasteiger partial charge < -0.3 is 15.5 Å². The van der Waals surface area contributed by atoms with Gasteiger partial charge in [-0.2, -0.15) is 0 Å². The molecule has 0 aliphatic carbocycles. The number of halogens is 2. The van der Waals surface area contributed by atoms with E-state index in [1.54, 1.807) is 24.3 Å². The first-order valence-corrected chi connectivity index (χ1v) is 15.1. The summed E-state index contributed by atoms with van der Waals surface area (Å²) in [6, 6.07) is 18.4. The number of carbonyl (C=O) groups is 3. The molecule has 3 aromatic carbocycles. The number of hydrogen-bond acceptors (Lipinski definition) is 4. The number of carbonyl (C=O) groups excluding carboxylic acids is 3. The number of amides is 2. The molecule has 1 saturated heterocycles. The van der Waals surface area contributed by atoms with Crippen LogP contribution in [0.2, 0.25) is 5.02 Å². The average molecular weight is 639 g/mol. The lowest BCUT2D eigenvalue weighted by Crippen LogP contribution is -2.34. The van der Waals surface area contributed by atoms with Crippen molar-refractivity contribution < 1.29 is 14.4 Å². The van der Waals surface area contributed by atoms with Crippen molar-refractivity contribution in [2.45, 2.75) is 53.5 Å². The van der Waals surface area contributed by atoms with E-state index in [2.05, 4.69) is 38.4 Å². The van der Waals surface area contributed by atoms with Crippen LogP contribution in [0.1, 0.15) is 72.4 Å². The molecule has 0 bridgehead atoms. The zero-order valence-corrected chi connectivity index (χ0v) is 26.4. The van der Waals surface area contributed by atoms with Crippen LogP contribution in [-0.2, 0) is 17.8 Å². The largest absolute Gasteiger partial charge is 0.371 e. The molecule has 0 aromatic heterocycles. The Hall–Kier alpha value is -3.16. The second-order valence-corrected chi connectivity index (χ2v) is 13.2. The Balaban J connectivity index is 1.57. The van der Waals surface area contributed by atoms with Gasteiger partial charge in [0.05, 0.1) is 10.6 Å². The molecule has 0 saturated carbocycles. The van der Waals surface area contributed by atoms with Crippen LogP contribution in [0.3, 0.4) is 0 Å². The summed E-state index contributed by atoms with van der Waals surface area (Å²) in [5.41, 5.74) is 3.47. The Bertz CT molecular complexity index is 1420. The maximum atomic E-state index is 13.6. The van der Waals surface area contributed by atoms with Gasteiger partial charge in [-0.25, -0.2) is 0 Å². The summed E-state index contributed by atoms with van der Waals surface area (Å²) in [7, 11) is 0. The number of piperidine rings is 1. The fourth-order valence-corrected chi connectivity index (χ4v) is 5.22. The number of anilines is 2. The predicted molar refractivity (Wildman–Crippen MR) is 170 cm³/mol. The number of ketones is 1. The van der Waals surface area contributed by atoms with Crippen LogP contribution in [-0.4, -0.2) is 30.7 Å². The van der Waals surface area contributed by atoms with E-state index in [4.69, 9.17) is 11.6 Å². The lowest BCUT2D eigenvalue weighted by Gasteiger charge is -2.33. The monoisotopic (exact) mass is 637 g/mol. The van der Waals surface area contributed by atoms with Crippen molar-refractivity contribution in [3.05, 3.63) is 92.4 Å². The van der Waals surface area contributed by atoms with Crippen molar-refractivity contribution >= 4 is 56.5 Å². The van der Waals surface area contributed by atoms with Gasteiger partial charge in [0.25, 0.3) is 5.91 Å². The van der Waals surface area contributed by atoms with E-state index >= 15 is 0 Å². The zero-order valence-electron chi connectivity index (χ0n) is 24.0. The number of nitrogens with zero attached hydrogens (tertiary/aromatic N) is 1. The molecule has 1 aliphatic rings. The molecule has 4 rings (SSSR count). The zero-order chi connectivity index (χ0) is 29.7. The van der Waals surface area contributed by atoms with Gasteiger partial charge in [-0.3, -0.25) is 14.4 Å². The minimum Gasteiger partial charge on any atom is -0.371 e. The Labute approximate surface area is 256 Å². The van der Waals surface area contributed by atoms with Gasteiger partial charge in [-0.15, -0.1) is 0 Å². The molecule has 6 nitrogen and oxygen atoms in total. The fourth-order valence-electron chi connectivity index (χ4n) is 4.75. The highest BCUT2D eigenvalue weighted by Gasteiger charge is 2.23. The highest BCUT2D eigenvalue weighted by atomic mass is 79.9. The van der Waals surface area contributed by atoms with E-state index in [0.717, 1.165) is 47.2 Å². The van der Waals surface area contributed by atoms with Crippen LogP contribution in [0.5, 0.6) is 0 Å². The first kappa shape index (κ1) is 30.8. The second-order valence-electron chi connectivity index (χ2n) is 11.8. The third-order valence-corrected chi connectivity index (χ3v) is 8.22. The van der Waals surface area contributed by atoms with Crippen molar-refractivity contribution in [1.82, 2.24) is 5.32 Å². The molecule has 1 fully saturated rings. The molecule has 2 amide bonds. The summed E-state index contributed by atoms with van der Waals surface area (Å²) in [6.07, 6.45) is 2.41. The van der Waals surface area contributed by atoms with Crippen molar-refractivity contribution in [3.63, 3.8) is 0 Å². The standard InChI is InChI=1S/C33H37BrClN3O3/c1-21-13-15-38(16-14-21)29-12-10-25(19-27(29)30(39)18-22-5-8-24(34)9-6-22)37-31(40)26-17-23(7-11-28(26)35)20-36-32(41)33(2,3)4/h5-12,17,19,21H,13-16,18,20H2,1-4H3,(H,36,41)(H,37,40). The molecule has 8 heteroatoms. The molecule has 1 heterocycles. The highest BCUT2D eigenvalue weighted by molar-refractivity contribution is 9.10. The van der Waals surface area contributed by atoms with Crippen LogP contribution in [0.4, 0.5) is 11.4 Å². The minimum absolute atomic E-state index is 0.00772. The summed E-state index contributed by atoms with van der Waals surface area (Å²) in [5, 5.41) is 6.13. The summed E-state index contributed by atoms with van der Waals surface area (Å²) in [5.74, 6) is 0.188.